The third-order valence-electron chi connectivity index (χ3n) is 19.6. The second-order valence-corrected chi connectivity index (χ2v) is 25.4. The van der Waals surface area contributed by atoms with Crippen LogP contribution in [0, 0.1) is 176 Å². The summed E-state index contributed by atoms with van der Waals surface area (Å²) in [4.78, 5) is 0. The van der Waals surface area contributed by atoms with E-state index in [9.17, 15) is 26.3 Å². The van der Waals surface area contributed by atoms with Gasteiger partial charge in [0, 0.05) is 44.4 Å². The third-order valence-corrected chi connectivity index (χ3v) is 19.6. The standard InChI is InChI=1S/C80H25F29N2/c1-23-52(81)46(54(83)65(94)53(23)82)26-4-10-41-37(18-26)38-19-27(49-59(88)70(99)78(107)71(100)60(49)89)5-11-42(38)110(41)31-14-30(45-33-8-2-24(47-55(84)66(95)76(105)67(96)56(47)85)16-35(33)36-17-25(3-9-34(36)45)48-57(86)68(97)77(106)69(98)58(48)87)15-32(22-31)111-43-12-6-28(50-61(90)72(101)79(108)73(102)62(50)91)20-39(43)40-21-29(7-13-44(40)111)51-63(92)74(103)80(109)75(104)64(51)93/h2-22,45H,1H3. The van der Waals surface area contributed by atoms with Gasteiger partial charge < -0.3 is 9.13 Å². The van der Waals surface area contributed by atoms with E-state index >= 15 is 101 Å². The molecule has 13 aromatic carbocycles. The molecule has 111 heavy (non-hydrogen) atoms. The van der Waals surface area contributed by atoms with Crippen LogP contribution in [0.15, 0.2) is 127 Å². The van der Waals surface area contributed by atoms with E-state index < -0.39 is 274 Å². The zero-order chi connectivity index (χ0) is 79.5. The summed E-state index contributed by atoms with van der Waals surface area (Å²) >= 11 is 0. The first-order valence-corrected chi connectivity index (χ1v) is 31.6. The minimum absolute atomic E-state index is 0.178. The minimum Gasteiger partial charge on any atom is -0.309 e. The first-order chi connectivity index (χ1) is 52.6. The van der Waals surface area contributed by atoms with Crippen LogP contribution in [-0.2, 0) is 0 Å². The highest BCUT2D eigenvalue weighted by Gasteiger charge is 2.38. The summed E-state index contributed by atoms with van der Waals surface area (Å²) in [6, 6.07) is 19.1. The Hall–Kier alpha value is -12.6. The van der Waals surface area contributed by atoms with E-state index in [1.165, 1.54) is 22.8 Å². The maximum Gasteiger partial charge on any atom is 0.200 e. The van der Waals surface area contributed by atoms with Crippen molar-refractivity contribution in [2.45, 2.75) is 12.8 Å². The number of halogens is 29. The molecule has 0 spiro atoms. The molecule has 1 aliphatic carbocycles. The smallest absolute Gasteiger partial charge is 0.200 e. The molecule has 0 N–H and O–H groups in total. The molecule has 31 heteroatoms. The average molecular weight is 1570 g/mol. The van der Waals surface area contributed by atoms with Gasteiger partial charge in [0.1, 0.15) is 5.82 Å². The SMILES string of the molecule is Cc1c(F)c(F)c(F)c(-c2ccc3c(c2)c2cc(-c4c(F)c(F)c(F)c(F)c4F)ccc2n3-c2cc(C3c4ccc(-c5c(F)c(F)c(F)c(F)c5F)cc4-c4cc(-c5c(F)c(F)c(F)c(F)c5F)ccc43)cc(-n3c4ccc(-c5c(F)c(F)c(F)c(F)c5F)cc4c4cc(-c5c(F)c(F)c(F)c(F)c5F)ccc43)c2)c1F. The van der Waals surface area contributed by atoms with Gasteiger partial charge in [0.25, 0.3) is 0 Å². The maximum atomic E-state index is 16.3. The molecule has 0 saturated carbocycles. The number of fused-ring (bicyclic) bond motifs is 9. The fourth-order valence-corrected chi connectivity index (χ4v) is 14.5. The van der Waals surface area contributed by atoms with Gasteiger partial charge in [-0.2, -0.15) is 0 Å². The number of benzene rings is 13. The van der Waals surface area contributed by atoms with E-state index in [0.717, 1.165) is 121 Å². The molecule has 15 aromatic rings. The van der Waals surface area contributed by atoms with Gasteiger partial charge in [-0.1, -0.05) is 48.5 Å². The summed E-state index contributed by atoms with van der Waals surface area (Å²) in [6.45, 7) is 0.720. The van der Waals surface area contributed by atoms with Gasteiger partial charge in [-0.25, -0.2) is 127 Å². The Kier molecular flexibility index (Phi) is 16.7. The summed E-state index contributed by atoms with van der Waals surface area (Å²) < 4.78 is 448. The van der Waals surface area contributed by atoms with Crippen LogP contribution in [0.2, 0.25) is 0 Å². The molecule has 0 radical (unpaired) electrons. The van der Waals surface area contributed by atoms with E-state index in [-0.39, 0.29) is 55.5 Å². The lowest BCUT2D eigenvalue weighted by Crippen LogP contribution is -2.06. The van der Waals surface area contributed by atoms with Crippen molar-refractivity contribution in [2.24, 2.45) is 0 Å². The number of rotatable bonds is 9. The van der Waals surface area contributed by atoms with Crippen LogP contribution in [0.3, 0.4) is 0 Å². The lowest BCUT2D eigenvalue weighted by molar-refractivity contribution is 0.381. The number of hydrogen-bond acceptors (Lipinski definition) is 0. The lowest BCUT2D eigenvalue weighted by atomic mass is 9.87. The van der Waals surface area contributed by atoms with E-state index in [2.05, 4.69) is 0 Å². The van der Waals surface area contributed by atoms with Gasteiger partial charge in [0.15, 0.2) is 134 Å². The summed E-state index contributed by atoms with van der Waals surface area (Å²) in [5.74, 6) is -71.7. The fourth-order valence-electron chi connectivity index (χ4n) is 14.5. The molecule has 16 rings (SSSR count). The van der Waals surface area contributed by atoms with Crippen LogP contribution in [0.25, 0.3) is 133 Å². The average Bonchev–Trinajstić information content (AvgIpc) is 1.56. The zero-order valence-corrected chi connectivity index (χ0v) is 54.1. The molecule has 0 unspecified atom stereocenters. The van der Waals surface area contributed by atoms with Crippen molar-refractivity contribution >= 4 is 43.6 Å². The molecule has 0 aliphatic heterocycles. The van der Waals surface area contributed by atoms with Crippen LogP contribution >= 0.6 is 0 Å². The molecule has 0 bridgehead atoms. The number of nitrogens with zero attached hydrogens (tertiary/aromatic N) is 2. The highest BCUT2D eigenvalue weighted by Crippen LogP contribution is 2.54. The van der Waals surface area contributed by atoms with Crippen molar-refractivity contribution in [1.82, 2.24) is 9.13 Å². The first kappa shape index (κ1) is 72.6. The monoisotopic (exact) mass is 1560 g/mol. The molecule has 2 aromatic heterocycles. The first-order valence-electron chi connectivity index (χ1n) is 31.6. The van der Waals surface area contributed by atoms with Gasteiger partial charge in [-0.15, -0.1) is 0 Å². The topological polar surface area (TPSA) is 9.86 Å². The lowest BCUT2D eigenvalue weighted by Gasteiger charge is -2.21. The molecule has 2 heterocycles. The molecule has 0 atom stereocenters. The Morgan fingerprint density at radius 3 is 0.640 bits per heavy atom. The second-order valence-electron chi connectivity index (χ2n) is 25.4. The zero-order valence-electron chi connectivity index (χ0n) is 54.1. The molecule has 1 aliphatic rings. The molecule has 0 saturated heterocycles. The summed E-state index contributed by atoms with van der Waals surface area (Å²) in [5, 5.41) is -1.67. The minimum atomic E-state index is -2.63. The quantitative estimate of drug-likeness (QED) is 0.0774. The van der Waals surface area contributed by atoms with Crippen molar-refractivity contribution in [3.05, 3.63) is 318 Å². The molecule has 2 nitrogen and oxygen atoms in total. The Morgan fingerprint density at radius 2 is 0.396 bits per heavy atom. The third kappa shape index (κ3) is 10.3. The van der Waals surface area contributed by atoms with Gasteiger partial charge in [0.2, 0.25) is 29.1 Å². The van der Waals surface area contributed by atoms with Crippen LogP contribution < -0.4 is 0 Å². The van der Waals surface area contributed by atoms with Gasteiger partial charge in [0.05, 0.1) is 55.4 Å². The largest absolute Gasteiger partial charge is 0.309 e. The van der Waals surface area contributed by atoms with Crippen LogP contribution in [0.5, 0.6) is 0 Å². The van der Waals surface area contributed by atoms with Gasteiger partial charge in [-0.05, 0) is 147 Å². The summed E-state index contributed by atoms with van der Waals surface area (Å²) in [7, 11) is 0. The Morgan fingerprint density at radius 1 is 0.198 bits per heavy atom. The van der Waals surface area contributed by atoms with Crippen molar-refractivity contribution < 1.29 is 127 Å². The van der Waals surface area contributed by atoms with E-state index in [1.807, 2.05) is 0 Å². The van der Waals surface area contributed by atoms with Crippen LogP contribution in [-0.4, -0.2) is 9.13 Å². The van der Waals surface area contributed by atoms with E-state index in [4.69, 9.17) is 0 Å². The summed E-state index contributed by atoms with van der Waals surface area (Å²) in [5.41, 5.74) is -18.5. The Balaban J connectivity index is 1.05. The van der Waals surface area contributed by atoms with Crippen LogP contribution in [0.1, 0.15) is 28.2 Å². The molecule has 0 amide bonds. The van der Waals surface area contributed by atoms with Gasteiger partial charge in [-0.3, -0.25) is 0 Å². The number of aromatic nitrogens is 2. The van der Waals surface area contributed by atoms with Crippen molar-refractivity contribution in [2.75, 3.05) is 0 Å². The maximum absolute atomic E-state index is 16.3. The highest BCUT2D eigenvalue weighted by molar-refractivity contribution is 6.13. The predicted molar refractivity (Wildman–Crippen MR) is 344 cm³/mol. The normalized spacial score (nSPS) is 12.4. The Labute approximate surface area is 598 Å². The second kappa shape index (κ2) is 25.5. The molecule has 0 fully saturated rings. The predicted octanol–water partition coefficient (Wildman–Crippen LogP) is 25.4. The van der Waals surface area contributed by atoms with Crippen molar-refractivity contribution in [3.63, 3.8) is 0 Å². The number of hydrogen-bond donors (Lipinski definition) is 0. The Bertz CT molecular complexity index is 5970. The fraction of sp³-hybridized carbons (Fsp3) is 0.0250. The van der Waals surface area contributed by atoms with Crippen molar-refractivity contribution in [3.8, 4) is 89.3 Å². The summed E-state index contributed by atoms with van der Waals surface area (Å²) in [6.07, 6.45) is 0. The highest BCUT2D eigenvalue weighted by atomic mass is 19.2. The molecular weight excluding hydrogens is 1540 g/mol. The van der Waals surface area contributed by atoms with Crippen LogP contribution in [0.4, 0.5) is 127 Å². The van der Waals surface area contributed by atoms with E-state index in [0.29, 0.717) is 0 Å². The van der Waals surface area contributed by atoms with Crippen molar-refractivity contribution in [1.29, 1.82) is 0 Å². The molecular formula is C80H25F29N2. The van der Waals surface area contributed by atoms with Gasteiger partial charge >= 0.3 is 0 Å². The van der Waals surface area contributed by atoms with E-state index in [1.54, 1.807) is 0 Å². The molecule has 558 valence electrons.